The van der Waals surface area contributed by atoms with Gasteiger partial charge in [0.2, 0.25) is 5.88 Å². The van der Waals surface area contributed by atoms with Gasteiger partial charge in [-0.05, 0) is 17.4 Å². The minimum absolute atomic E-state index is 0.216. The van der Waals surface area contributed by atoms with Gasteiger partial charge in [0.15, 0.2) is 0 Å². The number of methoxy groups -OCH3 is 1. The van der Waals surface area contributed by atoms with Gasteiger partial charge in [-0.1, -0.05) is 26.8 Å². The molecule has 3 nitrogen and oxygen atoms in total. The van der Waals surface area contributed by atoms with Crippen molar-refractivity contribution in [3.63, 3.8) is 0 Å². The summed E-state index contributed by atoms with van der Waals surface area (Å²) >= 11 is 0. The van der Waals surface area contributed by atoms with Gasteiger partial charge in [-0.3, -0.25) is 4.79 Å². The van der Waals surface area contributed by atoms with Gasteiger partial charge in [0.25, 0.3) is 0 Å². The zero-order chi connectivity index (χ0) is 12.9. The lowest BCUT2D eigenvalue weighted by atomic mass is 9.89. The highest BCUT2D eigenvalue weighted by Gasteiger charge is 2.13. The van der Waals surface area contributed by atoms with E-state index in [4.69, 9.17) is 4.74 Å². The van der Waals surface area contributed by atoms with Crippen LogP contribution in [0, 0.1) is 5.41 Å². The largest absolute Gasteiger partial charge is 0.481 e. The van der Waals surface area contributed by atoms with Crippen LogP contribution in [0.1, 0.15) is 39.2 Å². The number of nitrogens with zero attached hydrogens (tertiary/aromatic N) is 1. The number of Topliss-reactive ketones (excluding diaryl/α,β-unsaturated/α-hetero) is 1. The highest BCUT2D eigenvalue weighted by atomic mass is 16.5. The van der Waals surface area contributed by atoms with Gasteiger partial charge in [-0.25, -0.2) is 4.98 Å². The van der Waals surface area contributed by atoms with Gasteiger partial charge in [0.1, 0.15) is 5.78 Å². The van der Waals surface area contributed by atoms with Crippen molar-refractivity contribution in [2.24, 2.45) is 5.41 Å². The predicted molar refractivity (Wildman–Crippen MR) is 68.2 cm³/mol. The minimum atomic E-state index is 0.216. The first kappa shape index (κ1) is 13.7. The Labute approximate surface area is 103 Å². The van der Waals surface area contributed by atoms with E-state index >= 15 is 0 Å². The molecule has 0 N–H and O–H groups in total. The van der Waals surface area contributed by atoms with Crippen molar-refractivity contribution in [3.8, 4) is 5.88 Å². The molecule has 0 saturated heterocycles. The fourth-order valence-corrected chi connectivity index (χ4v) is 1.47. The lowest BCUT2D eigenvalue weighted by Crippen LogP contribution is -2.10. The molecule has 0 spiro atoms. The molecule has 0 radical (unpaired) electrons. The first-order valence-electron chi connectivity index (χ1n) is 5.91. The van der Waals surface area contributed by atoms with E-state index in [2.05, 4.69) is 25.8 Å². The summed E-state index contributed by atoms with van der Waals surface area (Å²) in [6.07, 6.45) is 3.73. The van der Waals surface area contributed by atoms with Crippen LogP contribution in [0.15, 0.2) is 18.3 Å². The second-order valence-corrected chi connectivity index (χ2v) is 5.48. The summed E-state index contributed by atoms with van der Waals surface area (Å²) in [5, 5.41) is 0. The molecule has 3 heteroatoms. The molecular formula is C14H21NO2. The van der Waals surface area contributed by atoms with Crippen molar-refractivity contribution in [1.82, 2.24) is 4.98 Å². The van der Waals surface area contributed by atoms with Crippen LogP contribution in [-0.2, 0) is 11.2 Å². The molecule has 1 aromatic rings. The highest BCUT2D eigenvalue weighted by molar-refractivity contribution is 5.80. The van der Waals surface area contributed by atoms with Crippen LogP contribution in [0.2, 0.25) is 0 Å². The number of rotatable bonds is 5. The number of carbonyl (C=O) groups is 1. The summed E-state index contributed by atoms with van der Waals surface area (Å²) in [7, 11) is 1.58. The summed E-state index contributed by atoms with van der Waals surface area (Å²) in [6.45, 7) is 6.44. The van der Waals surface area contributed by atoms with Crippen LogP contribution >= 0.6 is 0 Å². The van der Waals surface area contributed by atoms with Gasteiger partial charge in [0, 0.05) is 25.1 Å². The van der Waals surface area contributed by atoms with E-state index in [9.17, 15) is 4.79 Å². The van der Waals surface area contributed by atoms with E-state index in [1.807, 2.05) is 6.07 Å². The molecule has 0 atom stereocenters. The van der Waals surface area contributed by atoms with E-state index < -0.39 is 0 Å². The smallest absolute Gasteiger partial charge is 0.212 e. The lowest BCUT2D eigenvalue weighted by Gasteiger charge is -2.16. The maximum absolute atomic E-state index is 11.8. The van der Waals surface area contributed by atoms with E-state index in [0.717, 1.165) is 12.0 Å². The Morgan fingerprint density at radius 1 is 1.35 bits per heavy atom. The van der Waals surface area contributed by atoms with Crippen molar-refractivity contribution in [3.05, 3.63) is 23.9 Å². The highest BCUT2D eigenvalue weighted by Crippen LogP contribution is 2.21. The van der Waals surface area contributed by atoms with Crippen molar-refractivity contribution < 1.29 is 9.53 Å². The first-order chi connectivity index (χ1) is 7.90. The van der Waals surface area contributed by atoms with Crippen LogP contribution in [-0.4, -0.2) is 17.9 Å². The Balaban J connectivity index is 2.45. The quantitative estimate of drug-likeness (QED) is 0.787. The van der Waals surface area contributed by atoms with Crippen molar-refractivity contribution >= 4 is 5.78 Å². The lowest BCUT2D eigenvalue weighted by molar-refractivity contribution is -0.118. The van der Waals surface area contributed by atoms with Gasteiger partial charge in [-0.2, -0.15) is 0 Å². The fourth-order valence-electron chi connectivity index (χ4n) is 1.47. The number of ether oxygens (including phenoxy) is 1. The van der Waals surface area contributed by atoms with Crippen molar-refractivity contribution in [2.75, 3.05) is 7.11 Å². The Bertz CT molecular complexity index is 363. The summed E-state index contributed by atoms with van der Waals surface area (Å²) in [5.41, 5.74) is 1.16. The Morgan fingerprint density at radius 3 is 2.53 bits per heavy atom. The van der Waals surface area contributed by atoms with Crippen LogP contribution < -0.4 is 4.74 Å². The molecule has 1 rings (SSSR count). The molecule has 1 aromatic heterocycles. The third-order valence-electron chi connectivity index (χ3n) is 2.56. The average Bonchev–Trinajstić information content (AvgIpc) is 2.27. The van der Waals surface area contributed by atoms with Crippen LogP contribution in [0.3, 0.4) is 0 Å². The number of carbonyl (C=O) groups excluding carboxylic acids is 1. The van der Waals surface area contributed by atoms with E-state index in [1.165, 1.54) is 0 Å². The topological polar surface area (TPSA) is 39.2 Å². The molecule has 17 heavy (non-hydrogen) atoms. The molecule has 0 aliphatic carbocycles. The maximum atomic E-state index is 11.8. The third kappa shape index (κ3) is 5.48. The molecule has 1 heterocycles. The minimum Gasteiger partial charge on any atom is -0.481 e. The fraction of sp³-hybridized carbons (Fsp3) is 0.571. The Kier molecular flexibility index (Phi) is 4.67. The molecule has 0 bridgehead atoms. The SMILES string of the molecule is COc1ccc(CC(=O)CCC(C)(C)C)cn1. The van der Waals surface area contributed by atoms with Gasteiger partial charge in [0.05, 0.1) is 7.11 Å². The number of hydrogen-bond acceptors (Lipinski definition) is 3. The molecular weight excluding hydrogens is 214 g/mol. The molecule has 0 saturated carbocycles. The molecule has 0 amide bonds. The van der Waals surface area contributed by atoms with E-state index in [-0.39, 0.29) is 11.2 Å². The van der Waals surface area contributed by atoms with Crippen molar-refractivity contribution in [2.45, 2.75) is 40.0 Å². The third-order valence-corrected chi connectivity index (χ3v) is 2.56. The zero-order valence-electron chi connectivity index (χ0n) is 11.1. The second-order valence-electron chi connectivity index (χ2n) is 5.48. The second kappa shape index (κ2) is 5.80. The van der Waals surface area contributed by atoms with Crippen molar-refractivity contribution in [1.29, 1.82) is 0 Å². The standard InChI is InChI=1S/C14H21NO2/c1-14(2,3)8-7-12(16)9-11-5-6-13(17-4)15-10-11/h5-6,10H,7-9H2,1-4H3. The summed E-state index contributed by atoms with van der Waals surface area (Å²) < 4.78 is 4.97. The zero-order valence-corrected chi connectivity index (χ0v) is 11.1. The molecule has 0 aromatic carbocycles. The van der Waals surface area contributed by atoms with Gasteiger partial charge < -0.3 is 4.74 Å². The van der Waals surface area contributed by atoms with E-state index in [0.29, 0.717) is 18.7 Å². The summed E-state index contributed by atoms with van der Waals surface area (Å²) in [5.74, 6) is 0.850. The number of ketones is 1. The summed E-state index contributed by atoms with van der Waals surface area (Å²) in [4.78, 5) is 15.8. The Hall–Kier alpha value is -1.38. The summed E-state index contributed by atoms with van der Waals surface area (Å²) in [6, 6.07) is 3.67. The van der Waals surface area contributed by atoms with Crippen LogP contribution in [0.25, 0.3) is 0 Å². The normalized spacial score (nSPS) is 11.3. The predicted octanol–water partition coefficient (Wildman–Crippen LogP) is 3.03. The molecule has 0 aliphatic heterocycles. The molecule has 94 valence electrons. The van der Waals surface area contributed by atoms with Gasteiger partial charge >= 0.3 is 0 Å². The molecule has 0 aliphatic rings. The molecule has 0 fully saturated rings. The monoisotopic (exact) mass is 235 g/mol. The van der Waals surface area contributed by atoms with E-state index in [1.54, 1.807) is 19.4 Å². The molecule has 0 unspecified atom stereocenters. The number of pyridine rings is 1. The number of hydrogen-bond donors (Lipinski definition) is 0. The first-order valence-corrected chi connectivity index (χ1v) is 5.91. The average molecular weight is 235 g/mol. The maximum Gasteiger partial charge on any atom is 0.212 e. The number of aromatic nitrogens is 1. The Morgan fingerprint density at radius 2 is 2.06 bits per heavy atom. The van der Waals surface area contributed by atoms with Gasteiger partial charge in [-0.15, -0.1) is 0 Å². The van der Waals surface area contributed by atoms with Crippen LogP contribution in [0.5, 0.6) is 5.88 Å². The van der Waals surface area contributed by atoms with Crippen LogP contribution in [0.4, 0.5) is 0 Å².